The van der Waals surface area contributed by atoms with E-state index in [-0.39, 0.29) is 33.4 Å². The van der Waals surface area contributed by atoms with Crippen LogP contribution in [0, 0.1) is 28.7 Å². The first kappa shape index (κ1) is 23.1. The number of amides is 1. The Kier molecular flexibility index (Phi) is 6.37. The highest BCUT2D eigenvalue weighted by molar-refractivity contribution is 7.99. The number of non-ortho nitro benzene ring substituents is 1. The fourth-order valence-corrected chi connectivity index (χ4v) is 4.06. The number of fused-ring (bicyclic) bond motifs is 1. The van der Waals surface area contributed by atoms with Gasteiger partial charge < -0.3 is 5.32 Å². The summed E-state index contributed by atoms with van der Waals surface area (Å²) in [7, 11) is 0. The van der Waals surface area contributed by atoms with Crippen molar-refractivity contribution in [2.75, 3.05) is 11.1 Å². The summed E-state index contributed by atoms with van der Waals surface area (Å²) in [4.78, 5) is 40.6. The molecule has 0 saturated carbocycles. The molecule has 3 aromatic carbocycles. The second-order valence-electron chi connectivity index (χ2n) is 7.24. The molecule has 1 amide bonds. The number of carbonyl (C=O) groups excluding carboxylic acids is 1. The van der Waals surface area contributed by atoms with Gasteiger partial charge in [-0.2, -0.15) is 0 Å². The van der Waals surface area contributed by atoms with Gasteiger partial charge in [0.05, 0.1) is 33.0 Å². The summed E-state index contributed by atoms with van der Waals surface area (Å²) in [5, 5.41) is 13.9. The largest absolute Gasteiger partial charge is 0.325 e. The number of benzene rings is 3. The van der Waals surface area contributed by atoms with Gasteiger partial charge in [-0.15, -0.1) is 0 Å². The first-order valence-corrected chi connectivity index (χ1v) is 10.9. The molecule has 0 saturated heterocycles. The van der Waals surface area contributed by atoms with Crippen molar-refractivity contribution in [2.45, 2.75) is 12.1 Å². The molecule has 0 spiro atoms. The van der Waals surface area contributed by atoms with Crippen LogP contribution in [-0.4, -0.2) is 26.1 Å². The summed E-state index contributed by atoms with van der Waals surface area (Å²) in [6.07, 6.45) is 0. The minimum atomic E-state index is -0.960. The van der Waals surface area contributed by atoms with Gasteiger partial charge >= 0.3 is 0 Å². The lowest BCUT2D eigenvalue weighted by Crippen LogP contribution is -2.24. The maximum absolute atomic E-state index is 14.6. The molecule has 0 bridgehead atoms. The highest BCUT2D eigenvalue weighted by atomic mass is 32.2. The van der Waals surface area contributed by atoms with E-state index >= 15 is 0 Å². The summed E-state index contributed by atoms with van der Waals surface area (Å²) in [5.41, 5.74) is 0.288. The van der Waals surface area contributed by atoms with Crippen molar-refractivity contribution in [3.05, 3.63) is 98.3 Å². The van der Waals surface area contributed by atoms with E-state index in [0.717, 1.165) is 28.5 Å². The normalized spacial score (nSPS) is 10.9. The molecular weight excluding hydrogens is 466 g/mol. The number of thioether (sulfide) groups is 1. The van der Waals surface area contributed by atoms with Gasteiger partial charge in [-0.1, -0.05) is 30.0 Å². The Hall–Kier alpha value is -4.12. The Morgan fingerprint density at radius 3 is 2.65 bits per heavy atom. The number of rotatable bonds is 6. The second kappa shape index (κ2) is 9.40. The number of nitro groups is 1. The van der Waals surface area contributed by atoms with Gasteiger partial charge in [0.2, 0.25) is 5.91 Å². The molecule has 4 rings (SSSR count). The van der Waals surface area contributed by atoms with Crippen molar-refractivity contribution in [2.24, 2.45) is 0 Å². The molecule has 0 unspecified atom stereocenters. The molecule has 0 atom stereocenters. The highest BCUT2D eigenvalue weighted by Crippen LogP contribution is 2.25. The number of hydrogen-bond acceptors (Lipinski definition) is 6. The summed E-state index contributed by atoms with van der Waals surface area (Å²) in [6.45, 7) is 1.69. The van der Waals surface area contributed by atoms with Crippen LogP contribution in [0.1, 0.15) is 5.56 Å². The predicted octanol–water partition coefficient (Wildman–Crippen LogP) is 4.61. The minimum absolute atomic E-state index is 0.0279. The average molecular weight is 482 g/mol. The highest BCUT2D eigenvalue weighted by Gasteiger charge is 2.18. The van der Waals surface area contributed by atoms with Crippen LogP contribution in [0.25, 0.3) is 16.6 Å². The third kappa shape index (κ3) is 4.64. The standard InChI is InChI=1S/C23H16F2N4O4S/c1-13-6-8-15(29(32)33)11-19(13)26-21(30)12-34-23-27-18-5-3-2-4-16(18)22(31)28(23)20-9-7-14(24)10-17(20)25/h2-11H,12H2,1H3,(H,26,30). The van der Waals surface area contributed by atoms with Gasteiger partial charge in [0.1, 0.15) is 11.6 Å². The van der Waals surface area contributed by atoms with E-state index in [2.05, 4.69) is 10.3 Å². The van der Waals surface area contributed by atoms with E-state index < -0.39 is 28.0 Å². The zero-order valence-corrected chi connectivity index (χ0v) is 18.4. The van der Waals surface area contributed by atoms with Gasteiger partial charge in [-0.05, 0) is 36.8 Å². The molecule has 4 aromatic rings. The molecule has 34 heavy (non-hydrogen) atoms. The van der Waals surface area contributed by atoms with Crippen LogP contribution in [0.4, 0.5) is 20.2 Å². The summed E-state index contributed by atoms with van der Waals surface area (Å²) >= 11 is 0.873. The van der Waals surface area contributed by atoms with E-state index in [1.54, 1.807) is 25.1 Å². The maximum Gasteiger partial charge on any atom is 0.271 e. The van der Waals surface area contributed by atoms with Gasteiger partial charge in [0.15, 0.2) is 5.16 Å². The van der Waals surface area contributed by atoms with E-state index in [4.69, 9.17) is 0 Å². The van der Waals surface area contributed by atoms with Crippen LogP contribution in [0.15, 0.2) is 70.6 Å². The number of halogens is 2. The Balaban J connectivity index is 1.68. The Morgan fingerprint density at radius 2 is 1.91 bits per heavy atom. The third-order valence-corrected chi connectivity index (χ3v) is 5.87. The van der Waals surface area contributed by atoms with Crippen molar-refractivity contribution < 1.29 is 18.5 Å². The quantitative estimate of drug-likeness (QED) is 0.186. The molecule has 1 aromatic heterocycles. The Labute approximate surface area is 195 Å². The van der Waals surface area contributed by atoms with Gasteiger partial charge in [-0.25, -0.2) is 13.8 Å². The number of nitro benzene ring substituents is 1. The van der Waals surface area contributed by atoms with E-state index in [9.17, 15) is 28.5 Å². The molecule has 0 radical (unpaired) electrons. The number of anilines is 1. The lowest BCUT2D eigenvalue weighted by molar-refractivity contribution is -0.384. The lowest BCUT2D eigenvalue weighted by Gasteiger charge is -2.14. The van der Waals surface area contributed by atoms with Crippen molar-refractivity contribution >= 4 is 39.9 Å². The van der Waals surface area contributed by atoms with Crippen LogP contribution in [-0.2, 0) is 4.79 Å². The van der Waals surface area contributed by atoms with Crippen LogP contribution in [0.5, 0.6) is 0 Å². The van der Waals surface area contributed by atoms with E-state index in [1.807, 2.05) is 0 Å². The number of carbonyl (C=O) groups is 1. The molecule has 0 aliphatic heterocycles. The molecule has 8 nitrogen and oxygen atoms in total. The van der Waals surface area contributed by atoms with Crippen LogP contribution in [0.3, 0.4) is 0 Å². The summed E-state index contributed by atoms with van der Waals surface area (Å²) < 4.78 is 29.0. The number of aryl methyl sites for hydroxylation is 1. The third-order valence-electron chi connectivity index (χ3n) is 4.93. The topological polar surface area (TPSA) is 107 Å². The Bertz CT molecular complexity index is 1510. The molecule has 1 heterocycles. The van der Waals surface area contributed by atoms with Gasteiger partial charge in [0.25, 0.3) is 11.2 Å². The number of hydrogen-bond donors (Lipinski definition) is 1. The zero-order chi connectivity index (χ0) is 24.4. The van der Waals surface area contributed by atoms with Gasteiger partial charge in [0, 0.05) is 18.2 Å². The second-order valence-corrected chi connectivity index (χ2v) is 8.18. The maximum atomic E-state index is 14.6. The number of para-hydroxylation sites is 1. The van der Waals surface area contributed by atoms with Crippen LogP contribution < -0.4 is 10.9 Å². The lowest BCUT2D eigenvalue weighted by atomic mass is 10.2. The summed E-state index contributed by atoms with van der Waals surface area (Å²) in [5.74, 6) is -2.50. The SMILES string of the molecule is Cc1ccc([N+](=O)[O-])cc1NC(=O)CSc1nc2ccccc2c(=O)n1-c1ccc(F)cc1F. The van der Waals surface area contributed by atoms with Crippen LogP contribution in [0.2, 0.25) is 0 Å². The molecule has 172 valence electrons. The molecular formula is C23H16F2N4O4S. The van der Waals surface area contributed by atoms with Crippen molar-refractivity contribution in [1.29, 1.82) is 0 Å². The van der Waals surface area contributed by atoms with E-state index in [0.29, 0.717) is 17.1 Å². The number of aromatic nitrogens is 2. The predicted molar refractivity (Wildman–Crippen MR) is 124 cm³/mol. The first-order chi connectivity index (χ1) is 16.2. The molecule has 1 N–H and O–H groups in total. The molecule has 0 fully saturated rings. The summed E-state index contributed by atoms with van der Waals surface area (Å²) in [6, 6.07) is 13.4. The monoisotopic (exact) mass is 482 g/mol. The Morgan fingerprint density at radius 1 is 1.15 bits per heavy atom. The van der Waals surface area contributed by atoms with Crippen molar-refractivity contribution in [1.82, 2.24) is 9.55 Å². The first-order valence-electron chi connectivity index (χ1n) is 9.89. The smallest absolute Gasteiger partial charge is 0.271 e. The number of nitrogens with one attached hydrogen (secondary N) is 1. The minimum Gasteiger partial charge on any atom is -0.325 e. The van der Waals surface area contributed by atoms with Crippen molar-refractivity contribution in [3.63, 3.8) is 0 Å². The molecule has 0 aliphatic carbocycles. The van der Waals surface area contributed by atoms with E-state index in [1.165, 1.54) is 24.3 Å². The molecule has 0 aliphatic rings. The average Bonchev–Trinajstić information content (AvgIpc) is 2.80. The van der Waals surface area contributed by atoms with Crippen molar-refractivity contribution in [3.8, 4) is 5.69 Å². The fourth-order valence-electron chi connectivity index (χ4n) is 3.26. The zero-order valence-electron chi connectivity index (χ0n) is 17.6. The van der Waals surface area contributed by atoms with Crippen LogP contribution >= 0.6 is 11.8 Å². The number of nitrogens with zero attached hydrogens (tertiary/aromatic N) is 3. The fraction of sp³-hybridized carbons (Fsp3) is 0.0870. The molecule has 11 heteroatoms. The van der Waals surface area contributed by atoms with Gasteiger partial charge in [-0.3, -0.25) is 24.3 Å².